The molecule has 0 bridgehead atoms. The van der Waals surface area contributed by atoms with E-state index in [1.165, 1.54) is 18.4 Å². The van der Waals surface area contributed by atoms with Gasteiger partial charge in [-0.1, -0.05) is 46.8 Å². The highest BCUT2D eigenvalue weighted by atomic mass is 16.5. The van der Waals surface area contributed by atoms with Crippen molar-refractivity contribution in [2.75, 3.05) is 13.1 Å². The summed E-state index contributed by atoms with van der Waals surface area (Å²) in [5, 5.41) is 12.6. The van der Waals surface area contributed by atoms with E-state index in [2.05, 4.69) is 58.3 Å². The molecule has 6 aliphatic rings. The van der Waals surface area contributed by atoms with Crippen molar-refractivity contribution < 1.29 is 29.0 Å². The van der Waals surface area contributed by atoms with Gasteiger partial charge < -0.3 is 20.1 Å². The first-order chi connectivity index (χ1) is 24.1. The summed E-state index contributed by atoms with van der Waals surface area (Å²) in [6.45, 7) is 25.3. The van der Waals surface area contributed by atoms with E-state index in [1.54, 1.807) is 20.8 Å². The van der Waals surface area contributed by atoms with Crippen LogP contribution in [-0.2, 0) is 23.9 Å². The summed E-state index contributed by atoms with van der Waals surface area (Å²) in [4.78, 5) is 53.0. The van der Waals surface area contributed by atoms with Crippen LogP contribution in [0.5, 0.6) is 0 Å². The molecule has 1 saturated heterocycles. The standard InChI is InChI=1S/C44H70N2O6/c1-27(2)30-15-20-44(24-35(48)46-23-11-12-29(46)26-45-28(3)47)22-21-42(9)31(37(30)44)13-14-33-41(8)18-17-34(52-36(49)25-39(4,5)38(50)51)40(6,7)32(41)16-19-43(33,42)10/h29-34,37H,1,11-26H2,2-10H3,(H,45,47)(H,50,51)/t29-,30+,31-,32+,33-,34+,37-,41+,42-,43-,44-/m1/s1. The monoisotopic (exact) mass is 723 g/mol. The molecule has 0 aromatic rings. The molecule has 1 aliphatic heterocycles. The lowest BCUT2D eigenvalue weighted by Crippen LogP contribution is -2.67. The third-order valence-electron chi connectivity index (χ3n) is 17.4. The van der Waals surface area contributed by atoms with Crippen molar-refractivity contribution >= 4 is 23.8 Å². The molecule has 0 spiro atoms. The molecule has 0 aromatic heterocycles. The number of aliphatic carboxylic acids is 1. The maximum Gasteiger partial charge on any atom is 0.309 e. The smallest absolute Gasteiger partial charge is 0.309 e. The SMILES string of the molecule is C=C(C)[C@@H]1CC[C@]2(CC(=O)N3CCC[C@@H]3CNC(C)=O)CC[C@]3(C)[C@H](CC[C@@H]4[C@@]5(C)CC[C@H](OC(=O)CC(C)(C)C(=O)O)C(C)(C)[C@@H]5CC[C@]43C)[C@@H]12. The Labute approximate surface area is 314 Å². The van der Waals surface area contributed by atoms with E-state index in [9.17, 15) is 24.3 Å². The highest BCUT2D eigenvalue weighted by Crippen LogP contribution is 2.78. The first-order valence-electron chi connectivity index (χ1n) is 20.8. The molecule has 2 N–H and O–H groups in total. The largest absolute Gasteiger partial charge is 0.481 e. The third-order valence-corrected chi connectivity index (χ3v) is 17.4. The fourth-order valence-corrected chi connectivity index (χ4v) is 14.5. The molecule has 0 radical (unpaired) electrons. The fourth-order valence-electron chi connectivity index (χ4n) is 14.5. The summed E-state index contributed by atoms with van der Waals surface area (Å²) < 4.78 is 6.19. The summed E-state index contributed by atoms with van der Waals surface area (Å²) in [6, 6.07) is 0.100. The predicted molar refractivity (Wildman–Crippen MR) is 203 cm³/mol. The number of carboxylic acids is 1. The number of carbonyl (C=O) groups is 4. The molecule has 11 atom stereocenters. The van der Waals surface area contributed by atoms with Gasteiger partial charge in [-0.2, -0.15) is 0 Å². The number of hydrogen-bond acceptors (Lipinski definition) is 5. The molecule has 292 valence electrons. The van der Waals surface area contributed by atoms with Gasteiger partial charge in [0.25, 0.3) is 0 Å². The van der Waals surface area contributed by atoms with E-state index in [4.69, 9.17) is 4.74 Å². The van der Waals surface area contributed by atoms with Crippen molar-refractivity contribution in [2.45, 2.75) is 164 Å². The van der Waals surface area contributed by atoms with Gasteiger partial charge >= 0.3 is 11.9 Å². The Balaban J connectivity index is 1.24. The molecule has 8 nitrogen and oxygen atoms in total. The summed E-state index contributed by atoms with van der Waals surface area (Å²) in [5.41, 5.74) is 0.400. The van der Waals surface area contributed by atoms with E-state index in [1.807, 2.05) is 0 Å². The second-order valence-electron chi connectivity index (χ2n) is 20.7. The quantitative estimate of drug-likeness (QED) is 0.182. The Hall–Kier alpha value is -2.38. The minimum absolute atomic E-state index is 0.00938. The second-order valence-corrected chi connectivity index (χ2v) is 20.7. The normalized spacial score (nSPS) is 42.2. The molecule has 8 heteroatoms. The summed E-state index contributed by atoms with van der Waals surface area (Å²) >= 11 is 0. The molecular weight excluding hydrogens is 652 g/mol. The van der Waals surface area contributed by atoms with Crippen LogP contribution < -0.4 is 5.32 Å². The zero-order valence-corrected chi connectivity index (χ0v) is 34.0. The van der Waals surface area contributed by atoms with Crippen LogP contribution in [0.25, 0.3) is 0 Å². The number of carboxylic acid groups (broad SMARTS) is 1. The Kier molecular flexibility index (Phi) is 10.2. The Bertz CT molecular complexity index is 1470. The fraction of sp³-hybridized carbons (Fsp3) is 0.864. The van der Waals surface area contributed by atoms with Crippen molar-refractivity contribution in [3.05, 3.63) is 12.2 Å². The number of amides is 2. The molecular formula is C44H70N2O6. The minimum atomic E-state index is -1.15. The topological polar surface area (TPSA) is 113 Å². The van der Waals surface area contributed by atoms with Crippen molar-refractivity contribution in [3.8, 4) is 0 Å². The van der Waals surface area contributed by atoms with Gasteiger partial charge in [0.1, 0.15) is 6.10 Å². The average molecular weight is 723 g/mol. The molecule has 52 heavy (non-hydrogen) atoms. The maximum absolute atomic E-state index is 14.3. The minimum Gasteiger partial charge on any atom is -0.481 e. The van der Waals surface area contributed by atoms with E-state index >= 15 is 0 Å². The number of likely N-dealkylation sites (tertiary alicyclic amines) is 1. The number of rotatable bonds is 9. The van der Waals surface area contributed by atoms with Crippen molar-refractivity contribution in [1.29, 1.82) is 0 Å². The van der Waals surface area contributed by atoms with Crippen LogP contribution in [0.3, 0.4) is 0 Å². The van der Waals surface area contributed by atoms with Gasteiger partial charge in [-0.3, -0.25) is 19.2 Å². The lowest BCUT2D eigenvalue weighted by atomic mass is 9.32. The van der Waals surface area contributed by atoms with Crippen LogP contribution in [0.15, 0.2) is 12.2 Å². The van der Waals surface area contributed by atoms with E-state index < -0.39 is 17.4 Å². The van der Waals surface area contributed by atoms with Gasteiger partial charge in [-0.15, -0.1) is 0 Å². The Morgan fingerprint density at radius 3 is 2.23 bits per heavy atom. The lowest BCUT2D eigenvalue weighted by molar-refractivity contribution is -0.250. The highest BCUT2D eigenvalue weighted by Gasteiger charge is 2.71. The summed E-state index contributed by atoms with van der Waals surface area (Å²) in [6.07, 6.45) is 13.3. The first kappa shape index (κ1) is 39.3. The average Bonchev–Trinajstić information content (AvgIpc) is 3.67. The van der Waals surface area contributed by atoms with Gasteiger partial charge in [-0.05, 0) is 149 Å². The number of carbonyl (C=O) groups excluding carboxylic acids is 3. The van der Waals surface area contributed by atoms with Gasteiger partial charge in [0.05, 0.1) is 11.8 Å². The lowest BCUT2D eigenvalue weighted by Gasteiger charge is -2.73. The molecule has 0 aromatic carbocycles. The summed E-state index contributed by atoms with van der Waals surface area (Å²) in [7, 11) is 0. The zero-order valence-electron chi connectivity index (χ0n) is 34.0. The van der Waals surface area contributed by atoms with E-state index in [-0.39, 0.29) is 51.5 Å². The molecule has 6 fully saturated rings. The highest BCUT2D eigenvalue weighted by molar-refractivity contribution is 5.81. The molecule has 5 saturated carbocycles. The van der Waals surface area contributed by atoms with Gasteiger partial charge in [-0.25, -0.2) is 0 Å². The molecule has 2 amide bonds. The number of nitrogens with one attached hydrogen (secondary N) is 1. The van der Waals surface area contributed by atoms with E-state index in [0.717, 1.165) is 70.8 Å². The first-order valence-corrected chi connectivity index (χ1v) is 20.8. The van der Waals surface area contributed by atoms with Gasteiger partial charge in [0.2, 0.25) is 11.8 Å². The van der Waals surface area contributed by atoms with Crippen molar-refractivity contribution in [2.24, 2.45) is 62.1 Å². The molecule has 1 heterocycles. The molecule has 6 rings (SSSR count). The van der Waals surface area contributed by atoms with Crippen molar-refractivity contribution in [3.63, 3.8) is 0 Å². The number of hydrogen-bond donors (Lipinski definition) is 2. The Morgan fingerprint density at radius 1 is 0.865 bits per heavy atom. The number of esters is 1. The molecule has 5 aliphatic carbocycles. The van der Waals surface area contributed by atoms with Gasteiger partial charge in [0, 0.05) is 37.9 Å². The zero-order chi connectivity index (χ0) is 38.2. The van der Waals surface area contributed by atoms with Crippen molar-refractivity contribution in [1.82, 2.24) is 10.2 Å². The predicted octanol–water partition coefficient (Wildman–Crippen LogP) is 8.57. The van der Waals surface area contributed by atoms with Crippen LogP contribution in [0.1, 0.15) is 152 Å². The van der Waals surface area contributed by atoms with Crippen LogP contribution in [0, 0.1) is 62.1 Å². The van der Waals surface area contributed by atoms with Crippen LogP contribution in [0.4, 0.5) is 0 Å². The van der Waals surface area contributed by atoms with Crippen LogP contribution in [0.2, 0.25) is 0 Å². The van der Waals surface area contributed by atoms with E-state index in [0.29, 0.717) is 48.5 Å². The number of nitrogens with zero attached hydrogens (tertiary/aromatic N) is 1. The number of fused-ring (bicyclic) bond motifs is 7. The number of allylic oxidation sites excluding steroid dienone is 1. The third kappa shape index (κ3) is 6.16. The summed E-state index contributed by atoms with van der Waals surface area (Å²) in [5.74, 6) is 1.34. The second kappa shape index (κ2) is 13.4. The van der Waals surface area contributed by atoms with Gasteiger partial charge in [0.15, 0.2) is 0 Å². The van der Waals surface area contributed by atoms with Crippen LogP contribution >= 0.6 is 0 Å². The van der Waals surface area contributed by atoms with Crippen LogP contribution in [-0.4, -0.2) is 59.0 Å². The maximum atomic E-state index is 14.3. The number of ether oxygens (including phenoxy) is 1. The Morgan fingerprint density at radius 2 is 1.58 bits per heavy atom. The molecule has 0 unspecified atom stereocenters.